The number of nitrogens with two attached hydrogens (primary N) is 1. The minimum absolute atomic E-state index is 0.349. The summed E-state index contributed by atoms with van der Waals surface area (Å²) in [5, 5.41) is 3.37. The first-order chi connectivity index (χ1) is 9.20. The van der Waals surface area contributed by atoms with Crippen LogP contribution < -0.4 is 11.1 Å². The number of ether oxygens (including phenoxy) is 1. The molecule has 0 spiro atoms. The minimum Gasteiger partial charge on any atom is -0.465 e. The number of methoxy groups -OCH3 is 1. The van der Waals surface area contributed by atoms with E-state index in [1.165, 1.54) is 39.2 Å². The number of rotatable bonds is 4. The molecule has 0 heterocycles. The monoisotopic (exact) mass is 262 g/mol. The second-order valence-electron chi connectivity index (χ2n) is 5.18. The van der Waals surface area contributed by atoms with Gasteiger partial charge in [0.05, 0.1) is 12.7 Å². The summed E-state index contributed by atoms with van der Waals surface area (Å²) in [7, 11) is 1.39. The molecule has 0 radical (unpaired) electrons. The maximum Gasteiger partial charge on any atom is 0.340 e. The van der Waals surface area contributed by atoms with Crippen LogP contribution in [0.15, 0.2) is 18.2 Å². The molecule has 0 amide bonds. The van der Waals surface area contributed by atoms with Crippen LogP contribution in [0, 0.1) is 5.92 Å². The van der Waals surface area contributed by atoms with Gasteiger partial charge in [0, 0.05) is 17.9 Å². The molecule has 104 valence electrons. The van der Waals surface area contributed by atoms with Gasteiger partial charge in [-0.25, -0.2) is 4.79 Å². The molecule has 1 aromatic carbocycles. The highest BCUT2D eigenvalue weighted by Crippen LogP contribution is 2.25. The Kier molecular flexibility index (Phi) is 4.66. The van der Waals surface area contributed by atoms with E-state index in [9.17, 15) is 4.79 Å². The maximum atomic E-state index is 11.7. The Morgan fingerprint density at radius 2 is 2.11 bits per heavy atom. The van der Waals surface area contributed by atoms with Crippen LogP contribution in [0.25, 0.3) is 0 Å². The highest BCUT2D eigenvalue weighted by Gasteiger charge is 2.16. The van der Waals surface area contributed by atoms with E-state index in [4.69, 9.17) is 10.5 Å². The number of benzene rings is 1. The molecule has 0 aliphatic heterocycles. The number of nitrogen functional groups attached to an aromatic ring is 1. The van der Waals surface area contributed by atoms with Gasteiger partial charge in [-0.15, -0.1) is 0 Å². The van der Waals surface area contributed by atoms with Crippen LogP contribution in [0.2, 0.25) is 0 Å². The topological polar surface area (TPSA) is 64.3 Å². The first-order valence-electron chi connectivity index (χ1n) is 6.92. The lowest BCUT2D eigenvalue weighted by molar-refractivity contribution is 0.0602. The van der Waals surface area contributed by atoms with E-state index in [0.29, 0.717) is 17.2 Å². The van der Waals surface area contributed by atoms with E-state index >= 15 is 0 Å². The zero-order valence-corrected chi connectivity index (χ0v) is 11.4. The number of hydrogen-bond acceptors (Lipinski definition) is 4. The number of hydrogen-bond donors (Lipinski definition) is 2. The fourth-order valence-electron chi connectivity index (χ4n) is 2.64. The molecule has 0 aromatic heterocycles. The fourth-order valence-corrected chi connectivity index (χ4v) is 2.64. The van der Waals surface area contributed by atoms with Crippen LogP contribution in [-0.4, -0.2) is 19.6 Å². The standard InChI is InChI=1S/C15H22N2O2/c1-19-15(18)13-9-12(16)7-8-14(13)17-10-11-5-3-2-4-6-11/h7-9,11,17H,2-6,10,16H2,1H3. The van der Waals surface area contributed by atoms with Gasteiger partial charge in [-0.1, -0.05) is 19.3 Å². The number of anilines is 2. The largest absolute Gasteiger partial charge is 0.465 e. The zero-order valence-electron chi connectivity index (χ0n) is 11.4. The van der Waals surface area contributed by atoms with E-state index in [1.807, 2.05) is 6.07 Å². The van der Waals surface area contributed by atoms with Crippen molar-refractivity contribution in [3.8, 4) is 0 Å². The number of carbonyl (C=O) groups excluding carboxylic acids is 1. The van der Waals surface area contributed by atoms with E-state index in [2.05, 4.69) is 5.32 Å². The van der Waals surface area contributed by atoms with Crippen LogP contribution in [-0.2, 0) is 4.74 Å². The highest BCUT2D eigenvalue weighted by molar-refractivity contribution is 5.96. The lowest BCUT2D eigenvalue weighted by Gasteiger charge is -2.23. The molecule has 1 saturated carbocycles. The lowest BCUT2D eigenvalue weighted by Crippen LogP contribution is -2.18. The van der Waals surface area contributed by atoms with Gasteiger partial charge < -0.3 is 15.8 Å². The third-order valence-electron chi connectivity index (χ3n) is 3.75. The molecule has 0 saturated heterocycles. The van der Waals surface area contributed by atoms with Crippen LogP contribution in [0.3, 0.4) is 0 Å². The van der Waals surface area contributed by atoms with Gasteiger partial charge in [0.1, 0.15) is 0 Å². The van der Waals surface area contributed by atoms with Crippen LogP contribution in [0.4, 0.5) is 11.4 Å². The van der Waals surface area contributed by atoms with E-state index < -0.39 is 0 Å². The number of esters is 1. The predicted molar refractivity (Wildman–Crippen MR) is 77.3 cm³/mol. The molecule has 19 heavy (non-hydrogen) atoms. The second kappa shape index (κ2) is 6.45. The summed E-state index contributed by atoms with van der Waals surface area (Å²) in [5.41, 5.74) is 7.62. The molecule has 1 fully saturated rings. The summed E-state index contributed by atoms with van der Waals surface area (Å²) >= 11 is 0. The van der Waals surface area contributed by atoms with Crippen molar-refractivity contribution in [3.63, 3.8) is 0 Å². The lowest BCUT2D eigenvalue weighted by atomic mass is 9.89. The first kappa shape index (κ1) is 13.7. The Labute approximate surface area is 114 Å². The molecule has 1 aliphatic carbocycles. The van der Waals surface area contributed by atoms with Gasteiger partial charge in [0.15, 0.2) is 0 Å². The predicted octanol–water partition coefficient (Wildman–Crippen LogP) is 3.05. The normalized spacial score (nSPS) is 16.1. The van der Waals surface area contributed by atoms with Crippen molar-refractivity contribution in [2.75, 3.05) is 24.7 Å². The van der Waals surface area contributed by atoms with E-state index in [-0.39, 0.29) is 5.97 Å². The Hall–Kier alpha value is -1.71. The molecule has 4 nitrogen and oxygen atoms in total. The average molecular weight is 262 g/mol. The smallest absolute Gasteiger partial charge is 0.340 e. The molecule has 1 aromatic rings. The Bertz CT molecular complexity index is 440. The fraction of sp³-hybridized carbons (Fsp3) is 0.533. The van der Waals surface area contributed by atoms with Crippen molar-refractivity contribution < 1.29 is 9.53 Å². The molecule has 1 aliphatic rings. The highest BCUT2D eigenvalue weighted by atomic mass is 16.5. The Morgan fingerprint density at radius 1 is 1.37 bits per heavy atom. The Morgan fingerprint density at radius 3 is 2.79 bits per heavy atom. The van der Waals surface area contributed by atoms with Gasteiger partial charge in [-0.2, -0.15) is 0 Å². The van der Waals surface area contributed by atoms with Crippen LogP contribution in [0.1, 0.15) is 42.5 Å². The molecule has 0 bridgehead atoms. The van der Waals surface area contributed by atoms with Crippen LogP contribution >= 0.6 is 0 Å². The SMILES string of the molecule is COC(=O)c1cc(N)ccc1NCC1CCCCC1. The minimum atomic E-state index is -0.349. The molecule has 3 N–H and O–H groups in total. The number of nitrogens with one attached hydrogen (secondary N) is 1. The van der Waals surface area contributed by atoms with Gasteiger partial charge in [-0.3, -0.25) is 0 Å². The van der Waals surface area contributed by atoms with Gasteiger partial charge >= 0.3 is 5.97 Å². The summed E-state index contributed by atoms with van der Waals surface area (Å²) < 4.78 is 4.79. The van der Waals surface area contributed by atoms with Crippen molar-refractivity contribution in [1.82, 2.24) is 0 Å². The molecule has 0 unspecified atom stereocenters. The van der Waals surface area contributed by atoms with Crippen LogP contribution in [0.5, 0.6) is 0 Å². The van der Waals surface area contributed by atoms with E-state index in [0.717, 1.165) is 12.2 Å². The summed E-state index contributed by atoms with van der Waals surface area (Å²) in [6.45, 7) is 0.911. The summed E-state index contributed by atoms with van der Waals surface area (Å²) in [5.74, 6) is 0.357. The average Bonchev–Trinajstić information content (AvgIpc) is 2.46. The Balaban J connectivity index is 2.04. The maximum absolute atomic E-state index is 11.7. The van der Waals surface area contributed by atoms with Crippen molar-refractivity contribution in [2.45, 2.75) is 32.1 Å². The van der Waals surface area contributed by atoms with Gasteiger partial charge in [-0.05, 0) is 37.0 Å². The summed E-state index contributed by atoms with van der Waals surface area (Å²) in [6.07, 6.45) is 6.53. The summed E-state index contributed by atoms with van der Waals surface area (Å²) in [6, 6.07) is 5.31. The quantitative estimate of drug-likeness (QED) is 0.646. The first-order valence-corrected chi connectivity index (χ1v) is 6.92. The van der Waals surface area contributed by atoms with Crippen molar-refractivity contribution in [2.24, 2.45) is 5.92 Å². The van der Waals surface area contributed by atoms with Crippen molar-refractivity contribution in [1.29, 1.82) is 0 Å². The zero-order chi connectivity index (χ0) is 13.7. The second-order valence-corrected chi connectivity index (χ2v) is 5.18. The van der Waals surface area contributed by atoms with Crippen molar-refractivity contribution in [3.05, 3.63) is 23.8 Å². The molecular weight excluding hydrogens is 240 g/mol. The number of carbonyl (C=O) groups is 1. The van der Waals surface area contributed by atoms with E-state index in [1.54, 1.807) is 12.1 Å². The third-order valence-corrected chi connectivity index (χ3v) is 3.75. The summed E-state index contributed by atoms with van der Waals surface area (Å²) in [4.78, 5) is 11.7. The van der Waals surface area contributed by atoms with Gasteiger partial charge in [0.2, 0.25) is 0 Å². The van der Waals surface area contributed by atoms with Gasteiger partial charge in [0.25, 0.3) is 0 Å². The molecule has 2 rings (SSSR count). The molecule has 4 heteroatoms. The molecular formula is C15H22N2O2. The molecule has 0 atom stereocenters. The van der Waals surface area contributed by atoms with Crippen molar-refractivity contribution >= 4 is 17.3 Å². The third kappa shape index (κ3) is 3.63.